The smallest absolute Gasteiger partial charge is 0.165 e. The summed E-state index contributed by atoms with van der Waals surface area (Å²) >= 11 is 0. The highest BCUT2D eigenvalue weighted by Crippen LogP contribution is 2.23. The zero-order valence-corrected chi connectivity index (χ0v) is 17.2. The summed E-state index contributed by atoms with van der Waals surface area (Å²) in [4.78, 5) is 0. The van der Waals surface area contributed by atoms with Gasteiger partial charge in [-0.25, -0.2) is 8.78 Å². The van der Waals surface area contributed by atoms with E-state index in [1.807, 2.05) is 0 Å². The van der Waals surface area contributed by atoms with Crippen LogP contribution in [0.1, 0.15) is 11.1 Å². The molecule has 32 heavy (non-hydrogen) atoms. The van der Waals surface area contributed by atoms with Crippen molar-refractivity contribution in [3.63, 3.8) is 0 Å². The molecule has 0 saturated carbocycles. The minimum absolute atomic E-state index is 0.0419. The summed E-state index contributed by atoms with van der Waals surface area (Å²) in [7, 11) is 2.54. The Labute approximate surface area is 182 Å². The lowest BCUT2D eigenvalue weighted by Crippen LogP contribution is -2.45. The van der Waals surface area contributed by atoms with Crippen LogP contribution in [0.5, 0.6) is 11.5 Å². The predicted molar refractivity (Wildman–Crippen MR) is 111 cm³/mol. The molecule has 0 bridgehead atoms. The maximum absolute atomic E-state index is 13.7. The van der Waals surface area contributed by atoms with Crippen LogP contribution in [0.2, 0.25) is 0 Å². The van der Waals surface area contributed by atoms with Crippen molar-refractivity contribution < 1.29 is 48.9 Å². The largest absolute Gasteiger partial charge is 0.509 e. The van der Waals surface area contributed by atoms with E-state index in [9.17, 15) is 39.4 Å². The SMILES string of the molecule is COc1ccc(C=C(O)[C@@H](O)[C@@H](O)[C@H](O)[C@@H](O)C(O)=Cc2ccc(OC)c(F)c2)cc1F. The average molecular weight is 454 g/mol. The Morgan fingerprint density at radius 1 is 0.719 bits per heavy atom. The summed E-state index contributed by atoms with van der Waals surface area (Å²) < 4.78 is 37.0. The highest BCUT2D eigenvalue weighted by atomic mass is 19.1. The zero-order chi connectivity index (χ0) is 24.0. The van der Waals surface area contributed by atoms with Crippen molar-refractivity contribution in [1.82, 2.24) is 0 Å². The number of methoxy groups -OCH3 is 2. The first-order valence-electron chi connectivity index (χ1n) is 9.29. The molecular formula is C22H24F2O8. The second-order valence-corrected chi connectivity index (χ2v) is 6.80. The summed E-state index contributed by atoms with van der Waals surface area (Å²) in [5.41, 5.74) is 0.234. The van der Waals surface area contributed by atoms with E-state index in [0.29, 0.717) is 0 Å². The zero-order valence-electron chi connectivity index (χ0n) is 17.2. The molecule has 174 valence electrons. The van der Waals surface area contributed by atoms with E-state index in [2.05, 4.69) is 0 Å². The topological polar surface area (TPSA) is 140 Å². The number of halogens is 2. The summed E-state index contributed by atoms with van der Waals surface area (Å²) in [6.07, 6.45) is -6.59. The second-order valence-electron chi connectivity index (χ2n) is 6.80. The molecule has 8 nitrogen and oxygen atoms in total. The van der Waals surface area contributed by atoms with Gasteiger partial charge in [0.25, 0.3) is 0 Å². The van der Waals surface area contributed by atoms with Crippen LogP contribution in [-0.4, -0.2) is 69.3 Å². The van der Waals surface area contributed by atoms with Crippen LogP contribution in [0.15, 0.2) is 47.9 Å². The van der Waals surface area contributed by atoms with Crippen molar-refractivity contribution in [3.8, 4) is 11.5 Å². The molecule has 6 N–H and O–H groups in total. The van der Waals surface area contributed by atoms with Crippen molar-refractivity contribution in [3.05, 3.63) is 70.7 Å². The van der Waals surface area contributed by atoms with Crippen LogP contribution in [0.3, 0.4) is 0 Å². The molecule has 0 aromatic heterocycles. The summed E-state index contributed by atoms with van der Waals surface area (Å²) in [6, 6.07) is 7.29. The Morgan fingerprint density at radius 3 is 1.34 bits per heavy atom. The first-order chi connectivity index (χ1) is 15.1. The summed E-state index contributed by atoms with van der Waals surface area (Å²) in [5, 5.41) is 60.4. The molecule has 0 radical (unpaired) electrons. The molecule has 4 atom stereocenters. The van der Waals surface area contributed by atoms with Gasteiger partial charge in [0.15, 0.2) is 23.1 Å². The molecule has 0 aliphatic rings. The van der Waals surface area contributed by atoms with E-state index in [4.69, 9.17) is 9.47 Å². The number of aliphatic hydroxyl groups is 6. The van der Waals surface area contributed by atoms with E-state index >= 15 is 0 Å². The maximum atomic E-state index is 13.7. The molecule has 2 aromatic carbocycles. The molecule has 2 aromatic rings. The van der Waals surface area contributed by atoms with Crippen LogP contribution in [0.25, 0.3) is 12.2 Å². The van der Waals surface area contributed by atoms with Gasteiger partial charge in [-0.3, -0.25) is 0 Å². The molecule has 10 heteroatoms. The molecule has 0 spiro atoms. The fourth-order valence-electron chi connectivity index (χ4n) is 2.78. The predicted octanol–water partition coefficient (Wildman–Crippen LogP) is 1.92. The van der Waals surface area contributed by atoms with E-state index in [0.717, 1.165) is 24.3 Å². The van der Waals surface area contributed by atoms with Gasteiger partial charge >= 0.3 is 0 Å². The lowest BCUT2D eigenvalue weighted by Gasteiger charge is -2.26. The lowest BCUT2D eigenvalue weighted by molar-refractivity contribution is -0.0996. The van der Waals surface area contributed by atoms with E-state index in [1.165, 1.54) is 38.5 Å². The first kappa shape index (κ1) is 25.1. The van der Waals surface area contributed by atoms with Gasteiger partial charge in [0.05, 0.1) is 14.2 Å². The van der Waals surface area contributed by atoms with Crippen LogP contribution < -0.4 is 9.47 Å². The van der Waals surface area contributed by atoms with Gasteiger partial charge in [-0.05, 0) is 47.5 Å². The van der Waals surface area contributed by atoms with Gasteiger partial charge < -0.3 is 40.1 Å². The van der Waals surface area contributed by atoms with Gasteiger partial charge in [-0.1, -0.05) is 12.1 Å². The highest BCUT2D eigenvalue weighted by molar-refractivity contribution is 5.54. The Kier molecular flexibility index (Phi) is 8.56. The average Bonchev–Trinajstić information content (AvgIpc) is 2.77. The van der Waals surface area contributed by atoms with E-state index < -0.39 is 47.6 Å². The molecule has 2 rings (SSSR count). The molecule has 0 unspecified atom stereocenters. The standard InChI is InChI=1S/C22H24F2O8/c1-31-17-5-3-11(7-13(17)23)9-15(25)19(27)21(29)22(30)20(28)16(26)10-12-4-6-18(32-2)14(24)8-12/h3-10,19-22,25-30H,1-2H3/t19-,20+,21-,22-/m1/s1. The minimum Gasteiger partial charge on any atom is -0.509 e. The second kappa shape index (κ2) is 10.9. The Bertz CT molecular complexity index is 912. The van der Waals surface area contributed by atoms with Crippen molar-refractivity contribution >= 4 is 12.2 Å². The van der Waals surface area contributed by atoms with Gasteiger partial charge in [0, 0.05) is 0 Å². The fraction of sp³-hybridized carbons (Fsp3) is 0.273. The number of benzene rings is 2. The van der Waals surface area contributed by atoms with E-state index in [-0.39, 0.29) is 22.6 Å². The molecule has 0 fully saturated rings. The fourth-order valence-corrected chi connectivity index (χ4v) is 2.78. The summed E-state index contributed by atoms with van der Waals surface area (Å²) in [6.45, 7) is 0. The molecular weight excluding hydrogens is 430 g/mol. The third kappa shape index (κ3) is 5.95. The number of ether oxygens (including phenoxy) is 2. The maximum Gasteiger partial charge on any atom is 0.165 e. The van der Waals surface area contributed by atoms with Crippen molar-refractivity contribution in [2.45, 2.75) is 24.4 Å². The number of hydrogen-bond acceptors (Lipinski definition) is 8. The van der Waals surface area contributed by atoms with E-state index in [1.54, 1.807) is 0 Å². The Morgan fingerprint density at radius 2 is 1.06 bits per heavy atom. The number of hydrogen-bond donors (Lipinski definition) is 6. The van der Waals surface area contributed by atoms with Crippen molar-refractivity contribution in [1.29, 1.82) is 0 Å². The molecule has 0 heterocycles. The Balaban J connectivity index is 2.14. The Hall–Kier alpha value is -3.18. The third-order valence-electron chi connectivity index (χ3n) is 4.58. The third-order valence-corrected chi connectivity index (χ3v) is 4.58. The van der Waals surface area contributed by atoms with Gasteiger partial charge in [-0.15, -0.1) is 0 Å². The van der Waals surface area contributed by atoms with Crippen LogP contribution >= 0.6 is 0 Å². The highest BCUT2D eigenvalue weighted by Gasteiger charge is 2.34. The van der Waals surface area contributed by atoms with Gasteiger partial charge in [-0.2, -0.15) is 0 Å². The quantitative estimate of drug-likeness (QED) is 0.316. The molecule has 0 aliphatic carbocycles. The van der Waals surface area contributed by atoms with Crippen LogP contribution in [0.4, 0.5) is 8.78 Å². The van der Waals surface area contributed by atoms with Crippen molar-refractivity contribution in [2.24, 2.45) is 0 Å². The first-order valence-corrected chi connectivity index (χ1v) is 9.29. The minimum atomic E-state index is -2.15. The van der Waals surface area contributed by atoms with Gasteiger partial charge in [0.1, 0.15) is 35.9 Å². The molecule has 0 aliphatic heterocycles. The lowest BCUT2D eigenvalue weighted by atomic mass is 9.98. The van der Waals surface area contributed by atoms with Crippen molar-refractivity contribution in [2.75, 3.05) is 14.2 Å². The summed E-state index contributed by atoms with van der Waals surface area (Å²) in [5.74, 6) is -3.23. The normalized spacial score (nSPS) is 16.2. The monoisotopic (exact) mass is 454 g/mol. The number of rotatable bonds is 9. The molecule has 0 amide bonds. The van der Waals surface area contributed by atoms with Crippen LogP contribution in [0, 0.1) is 11.6 Å². The van der Waals surface area contributed by atoms with Crippen LogP contribution in [-0.2, 0) is 0 Å². The molecule has 0 saturated heterocycles. The van der Waals surface area contributed by atoms with Gasteiger partial charge in [0.2, 0.25) is 0 Å². The number of aliphatic hydroxyl groups excluding tert-OH is 6.